The van der Waals surface area contributed by atoms with Gasteiger partial charge in [0.05, 0.1) is 18.3 Å². The Morgan fingerprint density at radius 3 is 2.45 bits per heavy atom. The van der Waals surface area contributed by atoms with Crippen LogP contribution in [0.15, 0.2) is 24.3 Å². The van der Waals surface area contributed by atoms with Crippen LogP contribution in [0.25, 0.3) is 0 Å². The van der Waals surface area contributed by atoms with Gasteiger partial charge in [-0.3, -0.25) is 0 Å². The molecule has 0 aliphatic carbocycles. The van der Waals surface area contributed by atoms with Gasteiger partial charge >= 0.3 is 0 Å². The minimum Gasteiger partial charge on any atom is -0.476 e. The summed E-state index contributed by atoms with van der Waals surface area (Å²) in [6, 6.07) is 7.58. The Labute approximate surface area is 70.4 Å². The third kappa shape index (κ3) is 2.32. The second kappa shape index (κ2) is 4.54. The molecule has 2 unspecified atom stereocenters. The molecule has 0 aliphatic rings. The summed E-state index contributed by atoms with van der Waals surface area (Å²) in [6.07, 6.45) is 0. The molecular formula is C7H10O2P2. The minimum absolute atomic E-state index is 0.445. The van der Waals surface area contributed by atoms with Crippen LogP contribution < -0.4 is 9.05 Å². The molecule has 0 amide bonds. The summed E-state index contributed by atoms with van der Waals surface area (Å²) in [5, 5.41) is 0. The molecule has 1 rings (SSSR count). The first-order valence-electron chi connectivity index (χ1n) is 3.18. The molecule has 0 saturated carbocycles. The van der Waals surface area contributed by atoms with Gasteiger partial charge in [0, 0.05) is 0 Å². The van der Waals surface area contributed by atoms with E-state index in [9.17, 15) is 0 Å². The number of benzene rings is 1. The number of rotatable bonds is 3. The fourth-order valence-electron chi connectivity index (χ4n) is 0.742. The molecule has 0 spiro atoms. The van der Waals surface area contributed by atoms with Crippen LogP contribution in [-0.4, -0.2) is 6.66 Å². The zero-order valence-electron chi connectivity index (χ0n) is 6.20. The Balaban J connectivity index is 2.83. The molecule has 1 aromatic carbocycles. The van der Waals surface area contributed by atoms with E-state index in [-0.39, 0.29) is 0 Å². The van der Waals surface area contributed by atoms with Gasteiger partial charge in [0.15, 0.2) is 11.5 Å². The average Bonchev–Trinajstić information content (AvgIpc) is 2.06. The van der Waals surface area contributed by atoms with Crippen molar-refractivity contribution in [1.82, 2.24) is 0 Å². The van der Waals surface area contributed by atoms with E-state index in [4.69, 9.17) is 9.05 Å². The van der Waals surface area contributed by atoms with Crippen molar-refractivity contribution in [2.75, 3.05) is 6.66 Å². The SMILES string of the molecule is CPOc1ccccc1OP. The zero-order chi connectivity index (χ0) is 8.10. The number of hydrogen-bond acceptors (Lipinski definition) is 2. The van der Waals surface area contributed by atoms with Gasteiger partial charge in [0.2, 0.25) is 0 Å². The molecule has 2 nitrogen and oxygen atoms in total. The molecule has 0 aromatic heterocycles. The standard InChI is InChI=1S/C7H10O2P2/c1-11-9-7-5-3-2-4-6(7)8-10/h2-5,11H,10H2,1H3. The lowest BCUT2D eigenvalue weighted by molar-refractivity contribution is 0.564. The number of hydrogen-bond donors (Lipinski definition) is 0. The summed E-state index contributed by atoms with van der Waals surface area (Å²) >= 11 is 0. The molecule has 60 valence electrons. The summed E-state index contributed by atoms with van der Waals surface area (Å²) in [6.45, 7) is 1.97. The highest BCUT2D eigenvalue weighted by Crippen LogP contribution is 2.31. The van der Waals surface area contributed by atoms with Crippen LogP contribution in [0.4, 0.5) is 0 Å². The maximum atomic E-state index is 5.32. The predicted octanol–water partition coefficient (Wildman–Crippen LogP) is 2.46. The molecule has 0 fully saturated rings. The Kier molecular flexibility index (Phi) is 3.62. The molecule has 0 aliphatic heterocycles. The molecule has 2 atom stereocenters. The van der Waals surface area contributed by atoms with E-state index in [0.717, 1.165) is 11.5 Å². The Morgan fingerprint density at radius 1 is 1.27 bits per heavy atom. The molecular weight excluding hydrogens is 178 g/mol. The summed E-state index contributed by atoms with van der Waals surface area (Å²) in [7, 11) is 2.65. The van der Waals surface area contributed by atoms with E-state index in [1.807, 2.05) is 30.9 Å². The van der Waals surface area contributed by atoms with Gasteiger partial charge in [-0.05, 0) is 18.8 Å². The van der Waals surface area contributed by atoms with E-state index >= 15 is 0 Å². The monoisotopic (exact) mass is 188 g/mol. The van der Waals surface area contributed by atoms with Gasteiger partial charge < -0.3 is 9.05 Å². The van der Waals surface area contributed by atoms with Gasteiger partial charge in [-0.1, -0.05) is 12.1 Å². The fraction of sp³-hybridized carbons (Fsp3) is 0.143. The van der Waals surface area contributed by atoms with Crippen molar-refractivity contribution in [2.45, 2.75) is 0 Å². The topological polar surface area (TPSA) is 18.5 Å². The van der Waals surface area contributed by atoms with E-state index in [1.54, 1.807) is 0 Å². The fourth-order valence-corrected chi connectivity index (χ4v) is 1.33. The second-order valence-corrected chi connectivity index (χ2v) is 2.72. The molecule has 0 radical (unpaired) electrons. The third-order valence-corrected chi connectivity index (χ3v) is 1.87. The minimum atomic E-state index is 0.445. The first kappa shape index (κ1) is 8.77. The smallest absolute Gasteiger partial charge is 0.165 e. The van der Waals surface area contributed by atoms with Crippen molar-refractivity contribution >= 4 is 18.3 Å². The van der Waals surface area contributed by atoms with Crippen molar-refractivity contribution in [3.63, 3.8) is 0 Å². The lowest BCUT2D eigenvalue weighted by Crippen LogP contribution is -1.81. The maximum Gasteiger partial charge on any atom is 0.165 e. The van der Waals surface area contributed by atoms with Gasteiger partial charge in [-0.25, -0.2) is 0 Å². The molecule has 4 heteroatoms. The zero-order valence-corrected chi connectivity index (χ0v) is 8.36. The second-order valence-electron chi connectivity index (χ2n) is 1.87. The Bertz CT molecular complexity index is 227. The van der Waals surface area contributed by atoms with Crippen LogP contribution in [0.1, 0.15) is 0 Å². The van der Waals surface area contributed by atoms with Gasteiger partial charge in [-0.15, -0.1) is 0 Å². The van der Waals surface area contributed by atoms with E-state index in [1.165, 1.54) is 0 Å². The summed E-state index contributed by atoms with van der Waals surface area (Å²) < 4.78 is 10.3. The van der Waals surface area contributed by atoms with Crippen LogP contribution in [-0.2, 0) is 0 Å². The van der Waals surface area contributed by atoms with E-state index < -0.39 is 0 Å². The van der Waals surface area contributed by atoms with E-state index in [0.29, 0.717) is 8.81 Å². The highest BCUT2D eigenvalue weighted by atomic mass is 31.1. The normalized spacial score (nSPS) is 10.4. The highest BCUT2D eigenvalue weighted by Gasteiger charge is 1.99. The summed E-state index contributed by atoms with van der Waals surface area (Å²) in [5.74, 6) is 1.55. The third-order valence-electron chi connectivity index (χ3n) is 1.19. The van der Waals surface area contributed by atoms with Crippen molar-refractivity contribution in [2.24, 2.45) is 0 Å². The lowest BCUT2D eigenvalue weighted by atomic mass is 10.3. The van der Waals surface area contributed by atoms with Crippen LogP contribution in [0.3, 0.4) is 0 Å². The van der Waals surface area contributed by atoms with Crippen molar-refractivity contribution in [3.8, 4) is 11.5 Å². The quantitative estimate of drug-likeness (QED) is 0.678. The van der Waals surface area contributed by atoms with Gasteiger partial charge in [0.1, 0.15) is 0 Å². The van der Waals surface area contributed by atoms with Crippen LogP contribution in [0.5, 0.6) is 11.5 Å². The highest BCUT2D eigenvalue weighted by molar-refractivity contribution is 7.31. The van der Waals surface area contributed by atoms with Crippen molar-refractivity contribution < 1.29 is 9.05 Å². The van der Waals surface area contributed by atoms with Gasteiger partial charge in [0.25, 0.3) is 0 Å². The summed E-state index contributed by atoms with van der Waals surface area (Å²) in [5.41, 5.74) is 0. The molecule has 1 aromatic rings. The van der Waals surface area contributed by atoms with Crippen LogP contribution in [0, 0.1) is 0 Å². The van der Waals surface area contributed by atoms with Crippen LogP contribution >= 0.6 is 18.3 Å². The molecule has 0 N–H and O–H groups in total. The van der Waals surface area contributed by atoms with Crippen molar-refractivity contribution in [1.29, 1.82) is 0 Å². The molecule has 11 heavy (non-hydrogen) atoms. The Morgan fingerprint density at radius 2 is 1.91 bits per heavy atom. The maximum absolute atomic E-state index is 5.32. The van der Waals surface area contributed by atoms with Gasteiger partial charge in [-0.2, -0.15) is 0 Å². The van der Waals surface area contributed by atoms with Crippen molar-refractivity contribution in [3.05, 3.63) is 24.3 Å². The first-order chi connectivity index (χ1) is 5.38. The molecule has 0 heterocycles. The Hall–Kier alpha value is -0.320. The molecule has 0 bridgehead atoms. The van der Waals surface area contributed by atoms with Crippen LogP contribution in [0.2, 0.25) is 0 Å². The lowest BCUT2D eigenvalue weighted by Gasteiger charge is -2.06. The number of para-hydroxylation sites is 2. The predicted molar refractivity (Wildman–Crippen MR) is 51.6 cm³/mol. The summed E-state index contributed by atoms with van der Waals surface area (Å²) in [4.78, 5) is 0. The average molecular weight is 188 g/mol. The molecule has 0 saturated heterocycles. The first-order valence-corrected chi connectivity index (χ1v) is 5.06. The van der Waals surface area contributed by atoms with E-state index in [2.05, 4.69) is 9.47 Å². The largest absolute Gasteiger partial charge is 0.476 e.